The van der Waals surface area contributed by atoms with E-state index in [2.05, 4.69) is 16.0 Å². The van der Waals surface area contributed by atoms with Crippen LogP contribution in [0.15, 0.2) is 40.9 Å². The van der Waals surface area contributed by atoms with Crippen LogP contribution in [0.5, 0.6) is 5.75 Å². The summed E-state index contributed by atoms with van der Waals surface area (Å²) in [6.45, 7) is 18.1. The number of ketones is 2. The van der Waals surface area contributed by atoms with Crippen LogP contribution in [0.3, 0.4) is 0 Å². The smallest absolute Gasteiger partial charge is 0.407 e. The molecule has 94 heavy (non-hydrogen) atoms. The number of Topliss-reactive ketones (excluding diaryl/α,β-unsaturated/α-hetero) is 2. The number of hydrogen-bond acceptors (Lipinski definition) is 25. The fraction of sp³-hybridized carbons (Fsp3) is 0.758. The van der Waals surface area contributed by atoms with Gasteiger partial charge < -0.3 is 111 Å². The summed E-state index contributed by atoms with van der Waals surface area (Å²) in [5.41, 5.74) is 0.547. The molecule has 0 bridgehead atoms. The van der Waals surface area contributed by atoms with Crippen molar-refractivity contribution in [3.63, 3.8) is 0 Å². The predicted octanol–water partition coefficient (Wildman–Crippen LogP) is 1.78. The third-order valence-electron chi connectivity index (χ3n) is 21.0. The number of nitrogens with one attached hydrogen (secondary N) is 3. The van der Waals surface area contributed by atoms with Crippen LogP contribution in [0.1, 0.15) is 150 Å². The van der Waals surface area contributed by atoms with Crippen LogP contribution in [-0.4, -0.2) is 229 Å². The first-order valence-electron chi connectivity index (χ1n) is 32.8. The summed E-state index contributed by atoms with van der Waals surface area (Å²) >= 11 is 0. The molecular formula is C66H104N6O22. The molecule has 0 radical (unpaired) electrons. The minimum absolute atomic E-state index is 0.00326. The Morgan fingerprint density at radius 3 is 2.13 bits per heavy atom. The van der Waals surface area contributed by atoms with Crippen molar-refractivity contribution in [1.29, 1.82) is 0 Å². The van der Waals surface area contributed by atoms with Gasteiger partial charge in [-0.3, -0.25) is 24.0 Å². The lowest BCUT2D eigenvalue weighted by Crippen LogP contribution is -2.65. The van der Waals surface area contributed by atoms with Gasteiger partial charge in [-0.15, -0.1) is 0 Å². The number of hydrogen-bond donors (Lipinski definition) is 14. The first-order valence-corrected chi connectivity index (χ1v) is 32.8. The summed E-state index contributed by atoms with van der Waals surface area (Å²) in [6.07, 6.45) is -10.1. The van der Waals surface area contributed by atoms with Crippen LogP contribution >= 0.6 is 0 Å². The largest absolute Gasteiger partial charge is 0.510 e. The molecule has 16 N–H and O–H groups in total. The van der Waals surface area contributed by atoms with Gasteiger partial charge in [0.15, 0.2) is 30.1 Å². The molecule has 0 aromatic heterocycles. The van der Waals surface area contributed by atoms with Crippen LogP contribution in [0.2, 0.25) is 0 Å². The van der Waals surface area contributed by atoms with E-state index in [-0.39, 0.29) is 80.9 Å². The van der Waals surface area contributed by atoms with Crippen molar-refractivity contribution in [1.82, 2.24) is 20.9 Å². The molecule has 3 amide bonds. The molecule has 9 unspecified atom stereocenters. The van der Waals surface area contributed by atoms with E-state index in [0.29, 0.717) is 25.7 Å². The number of rotatable bonds is 19. The SMILES string of the molecule is CC[C@H]1OC(=O)[C@H](C)[C@@H](OC2CC(C)(OC)C(OC(=O)NCCCCCC(=O)NCCNC3C(O)=C(C(N)=O)C(=O)[C@@]4(O)C(O)=C5C(=O)c6c(O)cccc6[C@@](C)(O)[C@H]5C[C@@H]34)C(C)O2)[C@H](C)[C@@H](OC2OC(C)CC(N(C)C)C2O)[C@](C)(O)C[C@@H](C)[C@H](N)[C@H](C)[C@@H](O)[C@]1(C)O. The molecule has 3 aliphatic carbocycles. The molecule has 3 saturated heterocycles. The number of primary amides is 1. The molecule has 0 spiro atoms. The molecule has 1 aromatic rings. The Morgan fingerprint density at radius 2 is 1.50 bits per heavy atom. The van der Waals surface area contributed by atoms with Gasteiger partial charge in [0.2, 0.25) is 11.7 Å². The van der Waals surface area contributed by atoms with Gasteiger partial charge in [0.25, 0.3) is 5.91 Å². The van der Waals surface area contributed by atoms with Crippen LogP contribution in [0.25, 0.3) is 0 Å². The van der Waals surface area contributed by atoms with Crippen molar-refractivity contribution in [3.8, 4) is 5.75 Å². The molecule has 0 saturated carbocycles. The number of alkyl carbamates (subject to hydrolysis) is 1. The molecular weight excluding hydrogens is 1230 g/mol. The van der Waals surface area contributed by atoms with Crippen molar-refractivity contribution in [2.24, 2.45) is 47.0 Å². The van der Waals surface area contributed by atoms with Crippen LogP contribution in [-0.2, 0) is 57.9 Å². The summed E-state index contributed by atoms with van der Waals surface area (Å²) < 4.78 is 44.5. The first-order chi connectivity index (χ1) is 43.7. The maximum atomic E-state index is 14.6. The van der Waals surface area contributed by atoms with Crippen molar-refractivity contribution in [2.75, 3.05) is 40.8 Å². The molecule has 3 heterocycles. The number of nitrogens with zero attached hydrogens (tertiary/aromatic N) is 1. The molecule has 28 nitrogen and oxygen atoms in total. The summed E-state index contributed by atoms with van der Waals surface area (Å²) in [4.78, 5) is 83.2. The zero-order valence-electron chi connectivity index (χ0n) is 56.6. The predicted molar refractivity (Wildman–Crippen MR) is 337 cm³/mol. The number of nitrogens with two attached hydrogens (primary N) is 2. The minimum atomic E-state index is -2.97. The molecule has 7 rings (SSSR count). The number of amides is 3. The molecule has 6 aliphatic rings. The Balaban J connectivity index is 0.956. The lowest BCUT2D eigenvalue weighted by atomic mass is 9.55. The Morgan fingerprint density at radius 1 is 0.830 bits per heavy atom. The molecule has 3 fully saturated rings. The zero-order valence-corrected chi connectivity index (χ0v) is 56.6. The van der Waals surface area contributed by atoms with Crippen LogP contribution < -0.4 is 27.4 Å². The summed E-state index contributed by atoms with van der Waals surface area (Å²) in [6, 6.07) is 1.42. The molecule has 1 aromatic carbocycles. The van der Waals surface area contributed by atoms with E-state index < -0.39 is 189 Å². The van der Waals surface area contributed by atoms with Gasteiger partial charge in [0.05, 0.1) is 59.2 Å². The number of likely N-dealkylation sites (N-methyl/N-ethyl adjacent to an activating group) is 1. The van der Waals surface area contributed by atoms with Crippen molar-refractivity contribution >= 4 is 35.4 Å². The van der Waals surface area contributed by atoms with E-state index in [1.165, 1.54) is 39.2 Å². The molecule has 24 atom stereocenters. The highest BCUT2D eigenvalue weighted by Crippen LogP contribution is 2.56. The van der Waals surface area contributed by atoms with Gasteiger partial charge in [-0.05, 0) is 119 Å². The Labute approximate surface area is 549 Å². The van der Waals surface area contributed by atoms with Crippen molar-refractivity contribution in [3.05, 3.63) is 52.0 Å². The second-order valence-electron chi connectivity index (χ2n) is 28.2. The van der Waals surface area contributed by atoms with E-state index in [1.807, 2.05) is 32.8 Å². The van der Waals surface area contributed by atoms with Gasteiger partial charge in [-0.1, -0.05) is 46.2 Å². The number of phenols is 1. The van der Waals surface area contributed by atoms with E-state index in [0.717, 1.165) is 0 Å². The number of aliphatic hydroxyl groups is 8. The van der Waals surface area contributed by atoms with Gasteiger partial charge in [0.1, 0.15) is 46.3 Å². The number of fused-ring (bicyclic) bond motifs is 3. The highest BCUT2D eigenvalue weighted by atomic mass is 16.7. The van der Waals surface area contributed by atoms with Gasteiger partial charge in [0, 0.05) is 80.9 Å². The maximum Gasteiger partial charge on any atom is 0.407 e. The Bertz CT molecular complexity index is 2990. The van der Waals surface area contributed by atoms with Gasteiger partial charge >= 0.3 is 12.1 Å². The number of aliphatic hydroxyl groups excluding tert-OH is 4. The first kappa shape index (κ1) is 75.9. The summed E-state index contributed by atoms with van der Waals surface area (Å²) in [5.74, 6) is -13.6. The number of unbranched alkanes of at least 4 members (excludes halogenated alkanes) is 2. The zero-order chi connectivity index (χ0) is 70.2. The average molecular weight is 1330 g/mol. The minimum Gasteiger partial charge on any atom is -0.510 e. The number of benzene rings is 1. The fourth-order valence-corrected chi connectivity index (χ4v) is 15.5. The maximum absolute atomic E-state index is 14.6. The third-order valence-corrected chi connectivity index (χ3v) is 21.0. The number of methoxy groups -OCH3 is 1. The quantitative estimate of drug-likeness (QED) is 0.0533. The number of ether oxygens (including phenoxy) is 7. The number of carbonyl (C=O) groups excluding carboxylic acids is 6. The van der Waals surface area contributed by atoms with Crippen LogP contribution in [0, 0.1) is 35.5 Å². The lowest BCUT2D eigenvalue weighted by Gasteiger charge is -2.52. The van der Waals surface area contributed by atoms with E-state index in [1.54, 1.807) is 48.5 Å². The van der Waals surface area contributed by atoms with Crippen molar-refractivity contribution < 1.29 is 108 Å². The normalized spacial score (nSPS) is 40.8. The third kappa shape index (κ3) is 15.0. The van der Waals surface area contributed by atoms with Gasteiger partial charge in [-0.25, -0.2) is 4.79 Å². The monoisotopic (exact) mass is 1330 g/mol. The molecule has 28 heteroatoms. The number of cyclic esters (lactones) is 1. The lowest BCUT2D eigenvalue weighted by molar-refractivity contribution is -0.318. The second-order valence-corrected chi connectivity index (χ2v) is 28.2. The number of aromatic hydroxyl groups is 1. The van der Waals surface area contributed by atoms with Crippen LogP contribution in [0.4, 0.5) is 4.79 Å². The Hall–Kier alpha value is -5.44. The average Bonchev–Trinajstić information content (AvgIpc) is 0.692. The summed E-state index contributed by atoms with van der Waals surface area (Å²) in [7, 11) is 5.11. The number of phenolic OH excluding ortho intramolecular Hbond substituents is 1. The topological polar surface area (TPSA) is 440 Å². The fourth-order valence-electron chi connectivity index (χ4n) is 15.5. The van der Waals surface area contributed by atoms with E-state index in [4.69, 9.17) is 44.6 Å². The van der Waals surface area contributed by atoms with Gasteiger partial charge in [-0.2, -0.15) is 0 Å². The molecule has 530 valence electrons. The highest BCUT2D eigenvalue weighted by molar-refractivity contribution is 6.25. The van der Waals surface area contributed by atoms with E-state index in [9.17, 15) is 74.7 Å². The van der Waals surface area contributed by atoms with Crippen molar-refractivity contribution in [2.45, 2.75) is 241 Å². The second kappa shape index (κ2) is 29.7. The summed E-state index contributed by atoms with van der Waals surface area (Å²) in [5, 5.41) is 114. The van der Waals surface area contributed by atoms with E-state index >= 15 is 0 Å². The standard InChI is InChI=1S/C66H104N6O22/c1-15-41-65(11,86)53(78)32(4)47(67)30(2)28-62(8,84)56(93-60-49(75)39(72(12)13)26-31(3)89-60)33(5)52(34(6)59(82)91-41)92-43-29-63(9,88-14)57(35(7)90-43)94-61(83)71-23-18-16-17-22-42(74)69-24-25-70-48-38-27-37-45(50(76)44-36(64(37,10)85)20-19-21-40(44)73)54(79)66(38,87)55(80)46(51(48)77)58(68)81/h19-21,30-35,37-39,41,43,47-49,52-53,56-57,60,70,73,75,77-79,84-87H,15-18,22-29,67H2,1-14H3,(H2,68,81)(H,69,74)(H,71,83)/t30-,31?,32+,33+,34-,35?,37+,38+,39?,41-,43?,47+,48?,49?,52+,53-,56-,57?,60?,62-,63?,64-,65-,66+/m1/s1. The highest BCUT2D eigenvalue weighted by Gasteiger charge is 2.66. The molecule has 3 aliphatic heterocycles. The number of carbonyl (C=O) groups is 6. The number of esters is 1. The Kier molecular flexibility index (Phi) is 24.0.